The van der Waals surface area contributed by atoms with Crippen molar-refractivity contribution in [1.82, 2.24) is 0 Å². The van der Waals surface area contributed by atoms with Gasteiger partial charge in [0.2, 0.25) is 10.9 Å². The third kappa shape index (κ3) is 4.85. The Morgan fingerprint density at radius 3 is 2.73 bits per heavy atom. The van der Waals surface area contributed by atoms with E-state index in [0.717, 1.165) is 24.4 Å². The van der Waals surface area contributed by atoms with E-state index >= 15 is 0 Å². The fourth-order valence-corrected chi connectivity index (χ4v) is 3.81. The van der Waals surface area contributed by atoms with Crippen molar-refractivity contribution < 1.29 is 24.0 Å². The first-order valence-corrected chi connectivity index (χ1v) is 9.44. The van der Waals surface area contributed by atoms with Crippen LogP contribution in [0.4, 0.5) is 5.69 Å². The van der Waals surface area contributed by atoms with Crippen molar-refractivity contribution in [3.05, 3.63) is 33.5 Å². The van der Waals surface area contributed by atoms with Crippen molar-refractivity contribution >= 4 is 50.7 Å². The van der Waals surface area contributed by atoms with Crippen LogP contribution in [0.2, 0.25) is 0 Å². The molecule has 1 aromatic rings. The highest BCUT2D eigenvalue weighted by molar-refractivity contribution is 8.45. The number of nitrogens with zero attached hydrogens (tertiary/aromatic N) is 2. The Balaban J connectivity index is 2.53. The monoisotopic (exact) mass is 396 g/mol. The van der Waals surface area contributed by atoms with Gasteiger partial charge in [-0.15, -0.1) is 0 Å². The molecule has 0 atom stereocenters. The van der Waals surface area contributed by atoms with Crippen LogP contribution in [0.15, 0.2) is 22.8 Å². The van der Waals surface area contributed by atoms with Crippen LogP contribution < -0.4 is 9.47 Å². The van der Waals surface area contributed by atoms with Gasteiger partial charge in [0.1, 0.15) is 10.1 Å². The third-order valence-corrected chi connectivity index (χ3v) is 4.86. The predicted octanol–water partition coefficient (Wildman–Crippen LogP) is 3.64. The summed E-state index contributed by atoms with van der Waals surface area (Å²) in [6.07, 6.45) is 1.45. The number of carbonyl (C=O) groups excluding carboxylic acids is 2. The summed E-state index contributed by atoms with van der Waals surface area (Å²) in [5.41, 5.74) is 0.123. The van der Waals surface area contributed by atoms with Gasteiger partial charge in [-0.1, -0.05) is 18.7 Å². The lowest BCUT2D eigenvalue weighted by atomic mass is 10.1. The summed E-state index contributed by atoms with van der Waals surface area (Å²) in [5.74, 6) is -0.129. The van der Waals surface area contributed by atoms with Crippen LogP contribution in [0.5, 0.6) is 11.5 Å². The normalized spacial score (nSPS) is 15.1. The second-order valence-corrected chi connectivity index (χ2v) is 7.35. The van der Waals surface area contributed by atoms with Crippen molar-refractivity contribution in [2.45, 2.75) is 20.8 Å². The summed E-state index contributed by atoms with van der Waals surface area (Å²) in [6, 6.07) is 2.69. The van der Waals surface area contributed by atoms with Gasteiger partial charge < -0.3 is 9.47 Å². The van der Waals surface area contributed by atoms with Crippen molar-refractivity contribution in [3.8, 4) is 11.5 Å². The van der Waals surface area contributed by atoms with Gasteiger partial charge in [0.15, 0.2) is 5.75 Å². The summed E-state index contributed by atoms with van der Waals surface area (Å²) in [4.78, 5) is 38.3. The van der Waals surface area contributed by atoms with Crippen LogP contribution in [0.3, 0.4) is 0 Å². The van der Waals surface area contributed by atoms with E-state index in [0.29, 0.717) is 9.94 Å². The summed E-state index contributed by atoms with van der Waals surface area (Å²) < 4.78 is 11.0. The maximum absolute atomic E-state index is 12.0. The SMILES string of the molecule is CCOc1cc(C=C2N=C(SCC)SC2=O)cc([N+](=O)[O-])c1OC(C)=O. The van der Waals surface area contributed by atoms with E-state index in [-0.39, 0.29) is 28.9 Å². The molecule has 0 amide bonds. The molecule has 26 heavy (non-hydrogen) atoms. The second kappa shape index (κ2) is 8.86. The van der Waals surface area contributed by atoms with E-state index in [1.54, 1.807) is 6.92 Å². The molecule has 1 heterocycles. The first kappa shape index (κ1) is 20.0. The summed E-state index contributed by atoms with van der Waals surface area (Å²) in [7, 11) is 0. The van der Waals surface area contributed by atoms with Gasteiger partial charge >= 0.3 is 11.7 Å². The lowest BCUT2D eigenvalue weighted by Gasteiger charge is -2.11. The second-order valence-electron chi connectivity index (χ2n) is 4.88. The number of ether oxygens (including phenoxy) is 2. The van der Waals surface area contributed by atoms with Crippen LogP contribution in [-0.4, -0.2) is 32.7 Å². The van der Waals surface area contributed by atoms with Crippen LogP contribution in [0.1, 0.15) is 26.3 Å². The zero-order chi connectivity index (χ0) is 19.3. The fraction of sp³-hybridized carbons (Fsp3) is 0.312. The predicted molar refractivity (Wildman–Crippen MR) is 102 cm³/mol. The fourth-order valence-electron chi connectivity index (χ4n) is 2.07. The standard InChI is InChI=1S/C16H16N2O6S2/c1-4-23-13-8-10(6-11-15(20)26-16(17-11)25-5-2)7-12(18(21)22)14(13)24-9(3)19/h6-8H,4-5H2,1-3H3. The molecule has 0 spiro atoms. The Labute approximate surface area is 158 Å². The number of esters is 1. The van der Waals surface area contributed by atoms with E-state index in [9.17, 15) is 19.7 Å². The molecular formula is C16H16N2O6S2. The number of nitro groups is 1. The smallest absolute Gasteiger partial charge is 0.316 e. The molecule has 0 radical (unpaired) electrons. The molecule has 0 saturated heterocycles. The lowest BCUT2D eigenvalue weighted by molar-refractivity contribution is -0.385. The number of hydrogen-bond acceptors (Lipinski definition) is 9. The van der Waals surface area contributed by atoms with E-state index in [1.807, 2.05) is 6.92 Å². The molecule has 138 valence electrons. The van der Waals surface area contributed by atoms with Crippen LogP contribution in [0.25, 0.3) is 6.08 Å². The lowest BCUT2D eigenvalue weighted by Crippen LogP contribution is -2.07. The van der Waals surface area contributed by atoms with Gasteiger partial charge in [0.25, 0.3) is 0 Å². The van der Waals surface area contributed by atoms with E-state index in [2.05, 4.69) is 4.99 Å². The number of rotatable bonds is 6. The Kier molecular flexibility index (Phi) is 6.81. The quantitative estimate of drug-likeness (QED) is 0.236. The highest BCUT2D eigenvalue weighted by atomic mass is 32.2. The maximum Gasteiger partial charge on any atom is 0.316 e. The Morgan fingerprint density at radius 2 is 2.15 bits per heavy atom. The topological polar surface area (TPSA) is 108 Å². The molecule has 0 unspecified atom stereocenters. The first-order chi connectivity index (χ1) is 12.3. The average molecular weight is 396 g/mol. The van der Waals surface area contributed by atoms with Gasteiger partial charge in [0, 0.05) is 13.0 Å². The number of thioether (sulfide) groups is 2. The first-order valence-electron chi connectivity index (χ1n) is 7.64. The number of aliphatic imine (C=N–C) groups is 1. The Hall–Kier alpha value is -2.33. The highest BCUT2D eigenvalue weighted by Crippen LogP contribution is 2.40. The van der Waals surface area contributed by atoms with Crippen LogP contribution >= 0.6 is 23.5 Å². The zero-order valence-corrected chi connectivity index (χ0v) is 15.9. The van der Waals surface area contributed by atoms with Gasteiger partial charge in [-0.3, -0.25) is 19.7 Å². The maximum atomic E-state index is 12.0. The molecule has 1 aromatic carbocycles. The molecular weight excluding hydrogens is 380 g/mol. The minimum Gasteiger partial charge on any atom is -0.490 e. The molecule has 0 saturated carbocycles. The molecule has 0 bridgehead atoms. The van der Waals surface area contributed by atoms with E-state index in [4.69, 9.17) is 9.47 Å². The number of carbonyl (C=O) groups is 2. The summed E-state index contributed by atoms with van der Waals surface area (Å²) in [5, 5.41) is 11.2. The summed E-state index contributed by atoms with van der Waals surface area (Å²) >= 11 is 2.47. The molecule has 0 fully saturated rings. The minimum atomic E-state index is -0.701. The molecule has 0 aromatic heterocycles. The molecule has 8 nitrogen and oxygen atoms in total. The molecule has 0 aliphatic carbocycles. The molecule has 10 heteroatoms. The van der Waals surface area contributed by atoms with Gasteiger partial charge in [-0.05, 0) is 42.1 Å². The Morgan fingerprint density at radius 1 is 1.42 bits per heavy atom. The van der Waals surface area contributed by atoms with Gasteiger partial charge in [-0.25, -0.2) is 4.99 Å². The van der Waals surface area contributed by atoms with Crippen LogP contribution in [0, 0.1) is 10.1 Å². The number of benzene rings is 1. The van der Waals surface area contributed by atoms with Crippen molar-refractivity contribution in [1.29, 1.82) is 0 Å². The van der Waals surface area contributed by atoms with Crippen molar-refractivity contribution in [2.75, 3.05) is 12.4 Å². The molecule has 2 rings (SSSR count). The average Bonchev–Trinajstić information content (AvgIpc) is 2.89. The highest BCUT2D eigenvalue weighted by Gasteiger charge is 2.26. The zero-order valence-electron chi connectivity index (χ0n) is 14.3. The minimum absolute atomic E-state index is 0.0500. The van der Waals surface area contributed by atoms with Gasteiger partial charge in [-0.2, -0.15) is 0 Å². The van der Waals surface area contributed by atoms with Crippen molar-refractivity contribution in [3.63, 3.8) is 0 Å². The van der Waals surface area contributed by atoms with Crippen LogP contribution in [-0.2, 0) is 9.59 Å². The largest absolute Gasteiger partial charge is 0.490 e. The summed E-state index contributed by atoms with van der Waals surface area (Å²) in [6.45, 7) is 5.01. The van der Waals surface area contributed by atoms with Crippen molar-refractivity contribution in [2.24, 2.45) is 4.99 Å². The van der Waals surface area contributed by atoms with E-state index < -0.39 is 16.6 Å². The molecule has 1 aliphatic heterocycles. The number of nitro benzene ring substituents is 1. The Bertz CT molecular complexity index is 819. The van der Waals surface area contributed by atoms with Gasteiger partial charge in [0.05, 0.1) is 11.5 Å². The molecule has 0 N–H and O–H groups in total. The molecule has 1 aliphatic rings. The number of hydrogen-bond donors (Lipinski definition) is 0. The van der Waals surface area contributed by atoms with E-state index in [1.165, 1.54) is 30.0 Å². The third-order valence-electron chi connectivity index (χ3n) is 2.97.